The van der Waals surface area contributed by atoms with Gasteiger partial charge >= 0.3 is 0 Å². The minimum absolute atomic E-state index is 0.0348. The van der Waals surface area contributed by atoms with Crippen molar-refractivity contribution in [2.45, 2.75) is 4.90 Å². The van der Waals surface area contributed by atoms with Crippen molar-refractivity contribution in [3.05, 3.63) is 77.9 Å². The lowest BCUT2D eigenvalue weighted by atomic mass is 10.00. The van der Waals surface area contributed by atoms with Crippen molar-refractivity contribution in [2.75, 3.05) is 0 Å². The minimum Gasteiger partial charge on any atom is -0.289 e. The normalized spacial score (nSPS) is 11.5. The lowest BCUT2D eigenvalue weighted by Crippen LogP contribution is -2.10. The van der Waals surface area contributed by atoms with Crippen molar-refractivity contribution in [3.8, 4) is 0 Å². The third kappa shape index (κ3) is 2.52. The lowest BCUT2D eigenvalue weighted by Gasteiger charge is -2.10. The van der Waals surface area contributed by atoms with Gasteiger partial charge < -0.3 is 0 Å². The van der Waals surface area contributed by atoms with Crippen molar-refractivity contribution in [2.24, 2.45) is 0 Å². The molecule has 0 aromatic heterocycles. The van der Waals surface area contributed by atoms with E-state index in [0.717, 1.165) is 0 Å². The Morgan fingerprint density at radius 3 is 2.14 bits per heavy atom. The van der Waals surface area contributed by atoms with Crippen LogP contribution in [0, 0.1) is 0 Å². The van der Waals surface area contributed by atoms with Gasteiger partial charge in [0.1, 0.15) is 4.90 Å². The first-order chi connectivity index (χ1) is 10.5. The van der Waals surface area contributed by atoms with Crippen molar-refractivity contribution < 1.29 is 17.8 Å². The van der Waals surface area contributed by atoms with Gasteiger partial charge in [-0.2, -0.15) is 8.42 Å². The van der Waals surface area contributed by atoms with E-state index < -0.39 is 15.9 Å². The maximum Gasteiger partial charge on any atom is 0.295 e. The molecule has 22 heavy (non-hydrogen) atoms. The van der Waals surface area contributed by atoms with E-state index in [9.17, 15) is 17.8 Å². The van der Waals surface area contributed by atoms with Crippen LogP contribution in [0.3, 0.4) is 0 Å². The predicted octanol–water partition coefficient (Wildman–Crippen LogP) is 3.32. The number of ketones is 1. The third-order valence-corrected chi connectivity index (χ3v) is 4.37. The molecule has 5 heteroatoms. The molecule has 0 aliphatic carbocycles. The highest BCUT2D eigenvalue weighted by Gasteiger charge is 2.24. The van der Waals surface area contributed by atoms with Gasteiger partial charge in [0, 0.05) is 16.5 Å². The monoisotopic (exact) mass is 312 g/mol. The maximum atomic E-state index is 12.6. The summed E-state index contributed by atoms with van der Waals surface area (Å²) in [5.74, 6) is -0.445. The fourth-order valence-electron chi connectivity index (χ4n) is 2.44. The largest absolute Gasteiger partial charge is 0.295 e. The highest BCUT2D eigenvalue weighted by atomic mass is 32.2. The molecule has 0 spiro atoms. The predicted molar refractivity (Wildman–Crippen MR) is 83.6 cm³/mol. The average Bonchev–Trinajstić information content (AvgIpc) is 2.53. The van der Waals surface area contributed by atoms with Crippen LogP contribution in [-0.2, 0) is 10.1 Å². The van der Waals surface area contributed by atoms with E-state index in [1.165, 1.54) is 6.07 Å². The molecule has 0 saturated carbocycles. The summed E-state index contributed by atoms with van der Waals surface area (Å²) >= 11 is 0. The van der Waals surface area contributed by atoms with Crippen LogP contribution < -0.4 is 0 Å². The third-order valence-electron chi connectivity index (χ3n) is 3.42. The number of rotatable bonds is 3. The van der Waals surface area contributed by atoms with Gasteiger partial charge in [-0.05, 0) is 11.5 Å². The Balaban J connectivity index is 2.33. The Bertz CT molecular complexity index is 960. The molecule has 0 unspecified atom stereocenters. The second-order valence-corrected chi connectivity index (χ2v) is 6.19. The van der Waals surface area contributed by atoms with Crippen LogP contribution in [0.25, 0.3) is 10.8 Å². The summed E-state index contributed by atoms with van der Waals surface area (Å²) in [7, 11) is -4.53. The Labute approximate surface area is 127 Å². The summed E-state index contributed by atoms with van der Waals surface area (Å²) in [6, 6.07) is 18.2. The highest BCUT2D eigenvalue weighted by molar-refractivity contribution is 7.86. The second-order valence-electron chi connectivity index (χ2n) is 4.83. The van der Waals surface area contributed by atoms with Gasteiger partial charge in [-0.15, -0.1) is 0 Å². The molecule has 0 saturated heterocycles. The second kappa shape index (κ2) is 5.36. The first-order valence-electron chi connectivity index (χ1n) is 6.57. The van der Waals surface area contributed by atoms with Crippen LogP contribution in [0.2, 0.25) is 0 Å². The van der Waals surface area contributed by atoms with Crippen LogP contribution >= 0.6 is 0 Å². The molecule has 0 radical (unpaired) electrons. The van der Waals surface area contributed by atoms with E-state index in [4.69, 9.17) is 0 Å². The summed E-state index contributed by atoms with van der Waals surface area (Å²) in [5.41, 5.74) is 0.329. The SMILES string of the molecule is O=C(c1ccccc1)c1ccc2ccccc2c1S(=O)(=O)O. The van der Waals surface area contributed by atoms with Crippen molar-refractivity contribution in [1.82, 2.24) is 0 Å². The van der Waals surface area contributed by atoms with E-state index in [0.29, 0.717) is 16.3 Å². The molecule has 0 amide bonds. The van der Waals surface area contributed by atoms with Crippen LogP contribution in [0.1, 0.15) is 15.9 Å². The van der Waals surface area contributed by atoms with E-state index in [2.05, 4.69) is 0 Å². The zero-order chi connectivity index (χ0) is 15.7. The standard InChI is InChI=1S/C17H12O4S/c18-16(13-7-2-1-3-8-13)15-11-10-12-6-4-5-9-14(12)17(15)22(19,20)21/h1-11H,(H,19,20,21). The van der Waals surface area contributed by atoms with Crippen LogP contribution in [0.4, 0.5) is 0 Å². The summed E-state index contributed by atoms with van der Waals surface area (Å²) < 4.78 is 33.2. The molecule has 4 nitrogen and oxygen atoms in total. The maximum absolute atomic E-state index is 12.6. The van der Waals surface area contributed by atoms with Gasteiger partial charge in [0.2, 0.25) is 0 Å². The molecule has 110 valence electrons. The fraction of sp³-hybridized carbons (Fsp3) is 0. The van der Waals surface area contributed by atoms with E-state index in [1.807, 2.05) is 0 Å². The van der Waals surface area contributed by atoms with Gasteiger partial charge in [-0.3, -0.25) is 9.35 Å². The zero-order valence-corrected chi connectivity index (χ0v) is 12.2. The number of benzene rings is 3. The smallest absolute Gasteiger partial charge is 0.289 e. The van der Waals surface area contributed by atoms with E-state index in [-0.39, 0.29) is 10.5 Å². The average molecular weight is 312 g/mol. The molecule has 0 aliphatic heterocycles. The molecule has 1 N–H and O–H groups in total. The first kappa shape index (κ1) is 14.4. The summed E-state index contributed by atoms with van der Waals surface area (Å²) in [6.45, 7) is 0. The van der Waals surface area contributed by atoms with Gasteiger partial charge in [-0.1, -0.05) is 60.7 Å². The van der Waals surface area contributed by atoms with Crippen LogP contribution in [0.5, 0.6) is 0 Å². The van der Waals surface area contributed by atoms with Crippen molar-refractivity contribution in [3.63, 3.8) is 0 Å². The molecule has 0 bridgehead atoms. The van der Waals surface area contributed by atoms with Gasteiger partial charge in [0.05, 0.1) is 0 Å². The van der Waals surface area contributed by atoms with Gasteiger partial charge in [-0.25, -0.2) is 0 Å². The molecule has 3 aromatic carbocycles. The fourth-order valence-corrected chi connectivity index (χ4v) is 3.35. The minimum atomic E-state index is -4.53. The lowest BCUT2D eigenvalue weighted by molar-refractivity contribution is 0.103. The Kier molecular flexibility index (Phi) is 3.52. The Morgan fingerprint density at radius 2 is 1.45 bits per heavy atom. The number of carbonyl (C=O) groups is 1. The zero-order valence-electron chi connectivity index (χ0n) is 11.4. The summed E-state index contributed by atoms with van der Waals surface area (Å²) in [6.07, 6.45) is 0. The topological polar surface area (TPSA) is 71.4 Å². The molecular weight excluding hydrogens is 300 g/mol. The van der Waals surface area contributed by atoms with Crippen molar-refractivity contribution >= 4 is 26.7 Å². The van der Waals surface area contributed by atoms with E-state index in [1.54, 1.807) is 60.7 Å². The Hall–Kier alpha value is -2.50. The number of carbonyl (C=O) groups excluding carboxylic acids is 1. The Morgan fingerprint density at radius 1 is 0.818 bits per heavy atom. The first-order valence-corrected chi connectivity index (χ1v) is 8.01. The molecule has 3 rings (SSSR count). The molecular formula is C17H12O4S. The molecule has 3 aromatic rings. The molecule has 0 atom stereocenters. The summed E-state index contributed by atoms with van der Waals surface area (Å²) in [5, 5.41) is 0.964. The van der Waals surface area contributed by atoms with Gasteiger partial charge in [0.15, 0.2) is 5.78 Å². The molecule has 0 heterocycles. The van der Waals surface area contributed by atoms with Crippen LogP contribution in [-0.4, -0.2) is 18.8 Å². The number of fused-ring (bicyclic) bond motifs is 1. The molecule has 0 aliphatic rings. The van der Waals surface area contributed by atoms with Crippen molar-refractivity contribution in [1.29, 1.82) is 0 Å². The summed E-state index contributed by atoms with van der Waals surface area (Å²) in [4.78, 5) is 12.2. The van der Waals surface area contributed by atoms with Crippen LogP contribution in [0.15, 0.2) is 71.6 Å². The van der Waals surface area contributed by atoms with E-state index >= 15 is 0 Å². The van der Waals surface area contributed by atoms with Gasteiger partial charge in [0.25, 0.3) is 10.1 Å². The quantitative estimate of drug-likeness (QED) is 0.595. The number of hydrogen-bond acceptors (Lipinski definition) is 3. The highest BCUT2D eigenvalue weighted by Crippen LogP contribution is 2.28. The number of hydrogen-bond donors (Lipinski definition) is 1. The molecule has 0 fully saturated rings.